The average Bonchev–Trinajstić information content (AvgIpc) is 2.69. The lowest BCUT2D eigenvalue weighted by Gasteiger charge is -2.25. The fourth-order valence-corrected chi connectivity index (χ4v) is 3.73. The summed E-state index contributed by atoms with van der Waals surface area (Å²) >= 11 is 0. The molecule has 0 aliphatic carbocycles. The Kier molecular flexibility index (Phi) is 6.23. The second-order valence-electron chi connectivity index (χ2n) is 7.90. The highest BCUT2D eigenvalue weighted by Crippen LogP contribution is 2.24. The molecule has 3 aromatic rings. The van der Waals surface area contributed by atoms with E-state index < -0.39 is 0 Å². The van der Waals surface area contributed by atoms with Gasteiger partial charge in [-0.3, -0.25) is 9.69 Å². The number of hydrogen-bond acceptors (Lipinski definition) is 3. The molecule has 0 fully saturated rings. The van der Waals surface area contributed by atoms with E-state index in [-0.39, 0.29) is 11.9 Å². The number of aryl methyl sites for hydroxylation is 3. The molecule has 0 aliphatic heterocycles. The van der Waals surface area contributed by atoms with Crippen LogP contribution in [0.25, 0.3) is 10.8 Å². The van der Waals surface area contributed by atoms with Gasteiger partial charge in [-0.15, -0.1) is 0 Å². The van der Waals surface area contributed by atoms with Crippen molar-refractivity contribution < 1.29 is 9.53 Å². The maximum atomic E-state index is 12.8. The quantitative estimate of drug-likeness (QED) is 0.626. The molecule has 0 heterocycles. The van der Waals surface area contributed by atoms with Crippen LogP contribution in [-0.2, 0) is 11.3 Å². The van der Waals surface area contributed by atoms with Gasteiger partial charge in [-0.1, -0.05) is 35.9 Å². The van der Waals surface area contributed by atoms with E-state index in [2.05, 4.69) is 53.5 Å². The van der Waals surface area contributed by atoms with Crippen molar-refractivity contribution in [2.24, 2.45) is 0 Å². The van der Waals surface area contributed by atoms with Gasteiger partial charge in [-0.2, -0.15) is 0 Å². The smallest absolute Gasteiger partial charge is 0.241 e. The number of fused-ring (bicyclic) bond motifs is 1. The zero-order valence-corrected chi connectivity index (χ0v) is 18.2. The van der Waals surface area contributed by atoms with Crippen LogP contribution in [0, 0.1) is 20.8 Å². The molecule has 0 saturated heterocycles. The lowest BCUT2D eigenvalue weighted by atomic mass is 10.0. The van der Waals surface area contributed by atoms with Gasteiger partial charge in [0.1, 0.15) is 5.75 Å². The van der Waals surface area contributed by atoms with Gasteiger partial charge in [0.25, 0.3) is 0 Å². The van der Waals surface area contributed by atoms with E-state index >= 15 is 0 Å². The molecule has 3 rings (SSSR count). The number of benzene rings is 3. The zero-order valence-electron chi connectivity index (χ0n) is 18.2. The van der Waals surface area contributed by atoms with Crippen LogP contribution in [0.15, 0.2) is 48.5 Å². The van der Waals surface area contributed by atoms with Crippen molar-refractivity contribution in [3.05, 3.63) is 70.8 Å². The van der Waals surface area contributed by atoms with Crippen molar-refractivity contribution >= 4 is 22.4 Å². The summed E-state index contributed by atoms with van der Waals surface area (Å²) in [6.07, 6.45) is 0. The third-order valence-electron chi connectivity index (χ3n) is 5.51. The number of rotatable bonds is 6. The molecular weight excluding hydrogens is 360 g/mol. The average molecular weight is 391 g/mol. The number of carbonyl (C=O) groups is 1. The molecule has 4 nitrogen and oxygen atoms in total. The normalized spacial score (nSPS) is 12.2. The first-order chi connectivity index (χ1) is 13.8. The molecule has 1 amide bonds. The highest BCUT2D eigenvalue weighted by Gasteiger charge is 2.20. The predicted octanol–water partition coefficient (Wildman–Crippen LogP) is 5.23. The second-order valence-corrected chi connectivity index (χ2v) is 7.90. The third kappa shape index (κ3) is 4.77. The van der Waals surface area contributed by atoms with Crippen molar-refractivity contribution in [1.29, 1.82) is 0 Å². The summed E-state index contributed by atoms with van der Waals surface area (Å²) in [5.41, 5.74) is 5.48. The standard InChI is InChI=1S/C25H30N2O2/c1-16-11-17(2)24(18(3)12-16)26-25(28)19(4)27(5)15-20-7-8-22-14-23(29-6)10-9-21(22)13-20/h7-14,19H,15H2,1-6H3,(H,26,28)/t19-/m0/s1. The molecule has 1 N–H and O–H groups in total. The van der Waals surface area contributed by atoms with Crippen LogP contribution >= 0.6 is 0 Å². The first kappa shape index (κ1) is 20.9. The van der Waals surface area contributed by atoms with E-state index in [1.165, 1.54) is 16.5 Å². The number of anilines is 1. The molecular formula is C25H30N2O2. The van der Waals surface area contributed by atoms with Crippen molar-refractivity contribution in [2.75, 3.05) is 19.5 Å². The Morgan fingerprint density at radius 1 is 1.00 bits per heavy atom. The Morgan fingerprint density at radius 2 is 1.62 bits per heavy atom. The second kappa shape index (κ2) is 8.66. The number of methoxy groups -OCH3 is 1. The van der Waals surface area contributed by atoms with Gasteiger partial charge in [-0.25, -0.2) is 0 Å². The molecule has 152 valence electrons. The third-order valence-corrected chi connectivity index (χ3v) is 5.51. The van der Waals surface area contributed by atoms with Crippen LogP contribution in [0.4, 0.5) is 5.69 Å². The molecule has 0 radical (unpaired) electrons. The molecule has 0 bridgehead atoms. The van der Waals surface area contributed by atoms with E-state index in [9.17, 15) is 4.79 Å². The van der Waals surface area contributed by atoms with Crippen LogP contribution in [0.1, 0.15) is 29.2 Å². The molecule has 0 unspecified atom stereocenters. The molecule has 0 aliphatic rings. The minimum absolute atomic E-state index is 0.00748. The van der Waals surface area contributed by atoms with E-state index in [1.54, 1.807) is 7.11 Å². The number of ether oxygens (including phenoxy) is 1. The van der Waals surface area contributed by atoms with E-state index in [1.807, 2.05) is 40.0 Å². The number of amides is 1. The van der Waals surface area contributed by atoms with E-state index in [0.717, 1.165) is 28.0 Å². The number of carbonyl (C=O) groups excluding carboxylic acids is 1. The summed E-state index contributed by atoms with van der Waals surface area (Å²) in [5, 5.41) is 5.43. The minimum Gasteiger partial charge on any atom is -0.497 e. The van der Waals surface area contributed by atoms with Gasteiger partial charge in [0, 0.05) is 12.2 Å². The van der Waals surface area contributed by atoms with Gasteiger partial charge in [0.2, 0.25) is 5.91 Å². The van der Waals surface area contributed by atoms with Gasteiger partial charge in [0.05, 0.1) is 13.2 Å². The van der Waals surface area contributed by atoms with Gasteiger partial charge >= 0.3 is 0 Å². The van der Waals surface area contributed by atoms with Crippen LogP contribution in [0.2, 0.25) is 0 Å². The first-order valence-electron chi connectivity index (χ1n) is 9.94. The molecule has 4 heteroatoms. The molecule has 29 heavy (non-hydrogen) atoms. The van der Waals surface area contributed by atoms with Crippen molar-refractivity contribution in [2.45, 2.75) is 40.3 Å². The molecule has 0 saturated carbocycles. The number of hydrogen-bond donors (Lipinski definition) is 1. The number of nitrogens with zero attached hydrogens (tertiary/aromatic N) is 1. The summed E-state index contributed by atoms with van der Waals surface area (Å²) in [6, 6.07) is 16.4. The highest BCUT2D eigenvalue weighted by molar-refractivity contribution is 5.96. The fraction of sp³-hybridized carbons (Fsp3) is 0.320. The number of likely N-dealkylation sites (N-methyl/N-ethyl adjacent to an activating group) is 1. The minimum atomic E-state index is -0.248. The first-order valence-corrected chi connectivity index (χ1v) is 9.94. The van der Waals surface area contributed by atoms with Gasteiger partial charge < -0.3 is 10.1 Å². The SMILES string of the molecule is COc1ccc2cc(CN(C)[C@@H](C)C(=O)Nc3c(C)cc(C)cc3C)ccc2c1. The van der Waals surface area contributed by atoms with E-state index in [0.29, 0.717) is 6.54 Å². The Balaban J connectivity index is 1.70. The summed E-state index contributed by atoms with van der Waals surface area (Å²) < 4.78 is 5.29. The Bertz CT molecular complexity index is 1020. The van der Waals surface area contributed by atoms with Crippen molar-refractivity contribution in [3.8, 4) is 5.75 Å². The fourth-order valence-electron chi connectivity index (χ4n) is 3.73. The van der Waals surface area contributed by atoms with Crippen LogP contribution in [-0.4, -0.2) is 31.0 Å². The summed E-state index contributed by atoms with van der Waals surface area (Å²) in [7, 11) is 3.66. The summed E-state index contributed by atoms with van der Waals surface area (Å²) in [4.78, 5) is 14.9. The maximum Gasteiger partial charge on any atom is 0.241 e. The van der Waals surface area contributed by atoms with E-state index in [4.69, 9.17) is 4.74 Å². The topological polar surface area (TPSA) is 41.6 Å². The Hall–Kier alpha value is -2.85. The monoisotopic (exact) mass is 390 g/mol. The van der Waals surface area contributed by atoms with Crippen molar-refractivity contribution in [3.63, 3.8) is 0 Å². The highest BCUT2D eigenvalue weighted by atomic mass is 16.5. The zero-order chi connectivity index (χ0) is 21.1. The summed E-state index contributed by atoms with van der Waals surface area (Å²) in [5.74, 6) is 0.863. The lowest BCUT2D eigenvalue weighted by molar-refractivity contribution is -0.120. The number of nitrogens with one attached hydrogen (secondary N) is 1. The molecule has 1 atom stereocenters. The Morgan fingerprint density at radius 3 is 2.28 bits per heavy atom. The van der Waals surface area contributed by atoms with Crippen LogP contribution in [0.3, 0.4) is 0 Å². The predicted molar refractivity (Wildman–Crippen MR) is 121 cm³/mol. The Labute approximate surface area is 173 Å². The molecule has 3 aromatic carbocycles. The van der Waals surface area contributed by atoms with Crippen LogP contribution < -0.4 is 10.1 Å². The largest absolute Gasteiger partial charge is 0.497 e. The summed E-state index contributed by atoms with van der Waals surface area (Å²) in [6.45, 7) is 8.78. The van der Waals surface area contributed by atoms with Crippen LogP contribution in [0.5, 0.6) is 5.75 Å². The van der Waals surface area contributed by atoms with Crippen molar-refractivity contribution in [1.82, 2.24) is 4.90 Å². The van der Waals surface area contributed by atoms with Gasteiger partial charge in [0.15, 0.2) is 0 Å². The lowest BCUT2D eigenvalue weighted by Crippen LogP contribution is -2.39. The molecule has 0 spiro atoms. The van der Waals surface area contributed by atoms with Gasteiger partial charge in [-0.05, 0) is 80.4 Å². The molecule has 0 aromatic heterocycles. The maximum absolute atomic E-state index is 12.8.